The molecule has 0 saturated carbocycles. The minimum absolute atomic E-state index is 0.0693. The Bertz CT molecular complexity index is 965. The molecule has 2 aromatic rings. The molecule has 0 unspecified atom stereocenters. The molecule has 36 heavy (non-hydrogen) atoms. The standard InChI is InChI=1S/C32H52O3S/c1-3-5-7-9-11-13-15-17-19-21-28-23-24-30-25-29(27-32(31(30)26-28)36(33,34)35)22-20-18-16-14-12-10-8-6-4-2/h23-27H,3-22H2,1-2H3,(H,33,34,35). The number of aryl methyl sites for hydroxylation is 2. The van der Waals surface area contributed by atoms with Crippen molar-refractivity contribution in [1.29, 1.82) is 0 Å². The van der Waals surface area contributed by atoms with E-state index in [1.807, 2.05) is 12.1 Å². The highest BCUT2D eigenvalue weighted by molar-refractivity contribution is 7.86. The van der Waals surface area contributed by atoms with E-state index in [4.69, 9.17) is 0 Å². The second kappa shape index (κ2) is 18.0. The van der Waals surface area contributed by atoms with E-state index >= 15 is 0 Å². The van der Waals surface area contributed by atoms with Crippen LogP contribution in [0.4, 0.5) is 0 Å². The summed E-state index contributed by atoms with van der Waals surface area (Å²) in [6.07, 6.45) is 24.9. The van der Waals surface area contributed by atoms with Crippen LogP contribution in [0.25, 0.3) is 10.8 Å². The lowest BCUT2D eigenvalue weighted by molar-refractivity contribution is 0.484. The van der Waals surface area contributed by atoms with Gasteiger partial charge in [-0.25, -0.2) is 0 Å². The fourth-order valence-electron chi connectivity index (χ4n) is 5.22. The van der Waals surface area contributed by atoms with Crippen LogP contribution in [0.15, 0.2) is 35.2 Å². The fraction of sp³-hybridized carbons (Fsp3) is 0.688. The van der Waals surface area contributed by atoms with Crippen LogP contribution >= 0.6 is 0 Å². The molecule has 0 aliphatic heterocycles. The molecular weight excluding hydrogens is 464 g/mol. The molecule has 0 aliphatic carbocycles. The largest absolute Gasteiger partial charge is 0.295 e. The van der Waals surface area contributed by atoms with Gasteiger partial charge in [-0.1, -0.05) is 135 Å². The Labute approximate surface area is 222 Å². The number of unbranched alkanes of at least 4 members (excludes halogenated alkanes) is 16. The molecule has 0 spiro atoms. The third-order valence-electron chi connectivity index (χ3n) is 7.46. The summed E-state index contributed by atoms with van der Waals surface area (Å²) < 4.78 is 34.4. The molecule has 0 heterocycles. The van der Waals surface area contributed by atoms with Crippen LogP contribution < -0.4 is 0 Å². The Morgan fingerprint density at radius 2 is 1.00 bits per heavy atom. The van der Waals surface area contributed by atoms with Gasteiger partial charge in [0.05, 0.1) is 0 Å². The van der Waals surface area contributed by atoms with E-state index in [2.05, 4.69) is 26.0 Å². The van der Waals surface area contributed by atoms with E-state index in [1.165, 1.54) is 103 Å². The Balaban J connectivity index is 1.85. The van der Waals surface area contributed by atoms with Gasteiger partial charge in [-0.2, -0.15) is 8.42 Å². The molecular formula is C32H52O3S. The van der Waals surface area contributed by atoms with E-state index in [9.17, 15) is 13.0 Å². The first-order valence-electron chi connectivity index (χ1n) is 15.0. The first-order chi connectivity index (χ1) is 17.5. The van der Waals surface area contributed by atoms with Crippen molar-refractivity contribution in [2.75, 3.05) is 0 Å². The van der Waals surface area contributed by atoms with Gasteiger partial charge in [-0.15, -0.1) is 0 Å². The van der Waals surface area contributed by atoms with Crippen LogP contribution in [0.3, 0.4) is 0 Å². The molecule has 0 aromatic heterocycles. The minimum Gasteiger partial charge on any atom is -0.282 e. The van der Waals surface area contributed by atoms with Crippen molar-refractivity contribution in [3.8, 4) is 0 Å². The van der Waals surface area contributed by atoms with Crippen LogP contribution in [0.2, 0.25) is 0 Å². The van der Waals surface area contributed by atoms with Crippen LogP contribution in [0.5, 0.6) is 0 Å². The molecule has 2 rings (SSSR count). The monoisotopic (exact) mass is 516 g/mol. The molecule has 0 bridgehead atoms. The van der Waals surface area contributed by atoms with Crippen LogP contribution in [-0.2, 0) is 23.0 Å². The zero-order chi connectivity index (χ0) is 26.1. The summed E-state index contributed by atoms with van der Waals surface area (Å²) in [6.45, 7) is 4.50. The first-order valence-corrected chi connectivity index (χ1v) is 16.4. The smallest absolute Gasteiger partial charge is 0.282 e. The van der Waals surface area contributed by atoms with Gasteiger partial charge in [0.1, 0.15) is 4.90 Å². The molecule has 0 aliphatic rings. The van der Waals surface area contributed by atoms with Gasteiger partial charge in [0, 0.05) is 5.39 Å². The van der Waals surface area contributed by atoms with Gasteiger partial charge >= 0.3 is 0 Å². The molecule has 0 atom stereocenters. The highest BCUT2D eigenvalue weighted by Gasteiger charge is 2.16. The van der Waals surface area contributed by atoms with Gasteiger partial charge in [0.15, 0.2) is 0 Å². The predicted molar refractivity (Wildman–Crippen MR) is 156 cm³/mol. The zero-order valence-electron chi connectivity index (χ0n) is 23.2. The lowest BCUT2D eigenvalue weighted by Crippen LogP contribution is -2.02. The van der Waals surface area contributed by atoms with Gasteiger partial charge in [0.2, 0.25) is 0 Å². The molecule has 204 valence electrons. The third-order valence-corrected chi connectivity index (χ3v) is 8.35. The lowest BCUT2D eigenvalue weighted by Gasteiger charge is -2.11. The Kier molecular flexibility index (Phi) is 15.4. The summed E-state index contributed by atoms with van der Waals surface area (Å²) in [4.78, 5) is 0.0693. The summed E-state index contributed by atoms with van der Waals surface area (Å²) in [7, 11) is -4.26. The fourth-order valence-corrected chi connectivity index (χ4v) is 5.98. The van der Waals surface area contributed by atoms with E-state index in [0.29, 0.717) is 5.39 Å². The quantitative estimate of drug-likeness (QED) is 0.133. The molecule has 3 nitrogen and oxygen atoms in total. The number of fused-ring (bicyclic) bond motifs is 1. The maximum absolute atomic E-state index is 12.2. The summed E-state index contributed by atoms with van der Waals surface area (Å²) >= 11 is 0. The maximum Gasteiger partial charge on any atom is 0.295 e. The summed E-state index contributed by atoms with van der Waals surface area (Å²) in [6, 6.07) is 9.95. The normalized spacial score (nSPS) is 12.0. The number of hydrogen-bond donors (Lipinski definition) is 1. The Morgan fingerprint density at radius 3 is 1.47 bits per heavy atom. The zero-order valence-corrected chi connectivity index (χ0v) is 24.0. The van der Waals surface area contributed by atoms with E-state index < -0.39 is 10.1 Å². The lowest BCUT2D eigenvalue weighted by atomic mass is 9.98. The maximum atomic E-state index is 12.2. The number of hydrogen-bond acceptors (Lipinski definition) is 2. The van der Waals surface area contributed by atoms with Crippen molar-refractivity contribution in [3.63, 3.8) is 0 Å². The molecule has 1 N–H and O–H groups in total. The third kappa shape index (κ3) is 12.2. The van der Waals surface area contributed by atoms with Crippen LogP contribution in [0, 0.1) is 0 Å². The molecule has 0 amide bonds. The molecule has 0 saturated heterocycles. The minimum atomic E-state index is -4.26. The topological polar surface area (TPSA) is 54.4 Å². The van der Waals surface area contributed by atoms with Gasteiger partial charge in [0.25, 0.3) is 10.1 Å². The van der Waals surface area contributed by atoms with E-state index in [-0.39, 0.29) is 4.90 Å². The Hall–Kier alpha value is -1.39. The Morgan fingerprint density at radius 1 is 0.556 bits per heavy atom. The SMILES string of the molecule is CCCCCCCCCCCc1cc(S(=O)(=O)O)c2cc(CCCCCCCCCCC)ccc2c1. The van der Waals surface area contributed by atoms with Crippen LogP contribution in [-0.4, -0.2) is 13.0 Å². The second-order valence-electron chi connectivity index (χ2n) is 10.8. The first kappa shape index (κ1) is 30.8. The highest BCUT2D eigenvalue weighted by atomic mass is 32.2. The van der Waals surface area contributed by atoms with Crippen molar-refractivity contribution in [3.05, 3.63) is 41.5 Å². The summed E-state index contributed by atoms with van der Waals surface area (Å²) in [5.74, 6) is 0. The van der Waals surface area contributed by atoms with E-state index in [0.717, 1.165) is 42.2 Å². The van der Waals surface area contributed by atoms with Crippen molar-refractivity contribution in [1.82, 2.24) is 0 Å². The van der Waals surface area contributed by atoms with Crippen molar-refractivity contribution < 1.29 is 13.0 Å². The number of benzene rings is 2. The van der Waals surface area contributed by atoms with Crippen molar-refractivity contribution >= 4 is 20.9 Å². The second-order valence-corrected chi connectivity index (χ2v) is 12.2. The van der Waals surface area contributed by atoms with Gasteiger partial charge in [-0.3, -0.25) is 4.55 Å². The summed E-state index contributed by atoms with van der Waals surface area (Å²) in [5, 5.41) is 1.56. The van der Waals surface area contributed by atoms with Gasteiger partial charge < -0.3 is 0 Å². The number of rotatable bonds is 21. The predicted octanol–water partition coefficient (Wildman–Crippen LogP) is 10.2. The molecule has 2 aromatic carbocycles. The average molecular weight is 517 g/mol. The average Bonchev–Trinajstić information content (AvgIpc) is 2.85. The van der Waals surface area contributed by atoms with Crippen molar-refractivity contribution in [2.24, 2.45) is 0 Å². The highest BCUT2D eigenvalue weighted by Crippen LogP contribution is 2.28. The van der Waals surface area contributed by atoms with Crippen molar-refractivity contribution in [2.45, 2.75) is 147 Å². The molecule has 0 radical (unpaired) electrons. The van der Waals surface area contributed by atoms with E-state index in [1.54, 1.807) is 6.07 Å². The molecule has 0 fully saturated rings. The molecule has 4 heteroatoms. The summed E-state index contributed by atoms with van der Waals surface area (Å²) in [5.41, 5.74) is 2.16. The van der Waals surface area contributed by atoms with Gasteiger partial charge in [-0.05, 0) is 54.3 Å². The van der Waals surface area contributed by atoms with Crippen LogP contribution in [0.1, 0.15) is 141 Å².